The third-order valence-corrected chi connectivity index (χ3v) is 4.68. The van der Waals surface area contributed by atoms with E-state index in [0.29, 0.717) is 0 Å². The lowest BCUT2D eigenvalue weighted by molar-refractivity contribution is 0.0593. The van der Waals surface area contributed by atoms with Crippen molar-refractivity contribution < 1.29 is 9.53 Å². The highest BCUT2D eigenvalue weighted by atomic mass is 16.5. The Bertz CT molecular complexity index is 1050. The number of carbonyl (C=O) groups excluding carboxylic acids is 1. The van der Waals surface area contributed by atoms with Gasteiger partial charge in [0.2, 0.25) is 0 Å². The summed E-state index contributed by atoms with van der Waals surface area (Å²) in [7, 11) is 1.29. The number of rotatable bonds is 3. The number of aryl methyl sites for hydroxylation is 1. The van der Waals surface area contributed by atoms with Gasteiger partial charge in [-0.15, -0.1) is 0 Å². The van der Waals surface area contributed by atoms with Crippen molar-refractivity contribution in [3.63, 3.8) is 0 Å². The smallest absolute Gasteiger partial charge is 0.357 e. The number of nitrogens with two attached hydrogens (primary N) is 1. The average molecular weight is 347 g/mol. The molecule has 0 fully saturated rings. The summed E-state index contributed by atoms with van der Waals surface area (Å²) in [5.41, 5.74) is 9.24. The fourth-order valence-electron chi connectivity index (χ4n) is 3.42. The number of nitrogens with zero attached hydrogens (tertiary/aromatic N) is 4. The van der Waals surface area contributed by atoms with Gasteiger partial charge in [0.15, 0.2) is 5.69 Å². The Kier molecular flexibility index (Phi) is 3.73. The first-order valence-electron chi connectivity index (χ1n) is 8.28. The molecule has 0 unspecified atom stereocenters. The van der Waals surface area contributed by atoms with Crippen LogP contribution < -0.4 is 5.73 Å². The van der Waals surface area contributed by atoms with Crippen LogP contribution in [0, 0.1) is 11.3 Å². The van der Waals surface area contributed by atoms with E-state index in [-0.39, 0.29) is 16.9 Å². The molecule has 0 bridgehead atoms. The maximum atomic E-state index is 12.2. The molecule has 7 heteroatoms. The molecule has 1 aliphatic heterocycles. The predicted octanol–water partition coefficient (Wildman–Crippen LogP) is 2.53. The highest BCUT2D eigenvalue weighted by molar-refractivity contribution is 5.96. The summed E-state index contributed by atoms with van der Waals surface area (Å²) in [5, 5.41) is 9.26. The molecule has 0 amide bonds. The first-order chi connectivity index (χ1) is 12.6. The number of ether oxygens (including phenoxy) is 1. The van der Waals surface area contributed by atoms with Crippen LogP contribution in [0.2, 0.25) is 0 Å². The number of nitriles is 1. The van der Waals surface area contributed by atoms with Crippen molar-refractivity contribution in [2.24, 2.45) is 0 Å². The molecule has 2 aromatic heterocycles. The maximum Gasteiger partial charge on any atom is 0.357 e. The Labute approximate surface area is 150 Å². The molecule has 130 valence electrons. The molecule has 3 aromatic rings. The number of benzene rings is 1. The van der Waals surface area contributed by atoms with Crippen LogP contribution in [0.4, 0.5) is 5.69 Å². The molecule has 26 heavy (non-hydrogen) atoms. The topological polar surface area (TPSA) is 98.9 Å². The van der Waals surface area contributed by atoms with Gasteiger partial charge in [0.25, 0.3) is 0 Å². The minimum absolute atomic E-state index is 0.120. The normalized spacial score (nSPS) is 12.6. The van der Waals surface area contributed by atoms with E-state index in [1.807, 2.05) is 36.5 Å². The van der Waals surface area contributed by atoms with Gasteiger partial charge in [0, 0.05) is 30.4 Å². The molecular weight excluding hydrogens is 330 g/mol. The summed E-state index contributed by atoms with van der Waals surface area (Å²) >= 11 is 0. The fraction of sp³-hybridized carbons (Fsp3) is 0.211. The molecule has 1 aliphatic rings. The molecule has 0 aliphatic carbocycles. The van der Waals surface area contributed by atoms with Crippen molar-refractivity contribution in [2.75, 3.05) is 12.8 Å². The summed E-state index contributed by atoms with van der Waals surface area (Å²) in [6, 6.07) is 9.73. The van der Waals surface area contributed by atoms with Gasteiger partial charge in [-0.05, 0) is 18.6 Å². The van der Waals surface area contributed by atoms with E-state index in [0.717, 1.165) is 42.2 Å². The van der Waals surface area contributed by atoms with Crippen LogP contribution >= 0.6 is 0 Å². The number of nitrogen functional groups attached to an aromatic ring is 1. The van der Waals surface area contributed by atoms with Gasteiger partial charge in [-0.25, -0.2) is 9.78 Å². The zero-order valence-corrected chi connectivity index (χ0v) is 14.3. The Morgan fingerprint density at radius 2 is 2.27 bits per heavy atom. The summed E-state index contributed by atoms with van der Waals surface area (Å²) in [5.74, 6) is 0.511. The van der Waals surface area contributed by atoms with E-state index in [9.17, 15) is 10.1 Å². The number of carbonyl (C=O) groups is 1. The second kappa shape index (κ2) is 6.08. The van der Waals surface area contributed by atoms with Crippen LogP contribution in [0.1, 0.15) is 28.3 Å². The van der Waals surface area contributed by atoms with Crippen LogP contribution in [0.3, 0.4) is 0 Å². The highest BCUT2D eigenvalue weighted by Gasteiger charge is 2.22. The lowest BCUT2D eigenvalue weighted by atomic mass is 10.1. The molecule has 0 saturated heterocycles. The fourth-order valence-corrected chi connectivity index (χ4v) is 3.42. The van der Waals surface area contributed by atoms with E-state index in [1.165, 1.54) is 7.11 Å². The molecule has 2 N–H and O–H groups in total. The number of aromatic nitrogens is 3. The van der Waals surface area contributed by atoms with Crippen molar-refractivity contribution in [1.29, 1.82) is 5.26 Å². The first kappa shape index (κ1) is 16.0. The standard InChI is InChI=1S/C19H17N5O2/c1-26-19(25)18-17(21)13(9-20)11-24(18)14-5-2-4-12(8-14)15-10-22-16-6-3-7-23(15)16/h2,4-5,8,10-11H,3,6-7,21H2,1H3. The van der Waals surface area contributed by atoms with Crippen LogP contribution in [-0.4, -0.2) is 27.2 Å². The third-order valence-electron chi connectivity index (χ3n) is 4.68. The molecule has 1 aromatic carbocycles. The van der Waals surface area contributed by atoms with Crippen LogP contribution in [0.15, 0.2) is 36.7 Å². The Morgan fingerprint density at radius 3 is 3.04 bits per heavy atom. The molecule has 0 saturated carbocycles. The van der Waals surface area contributed by atoms with Gasteiger partial charge in [-0.1, -0.05) is 12.1 Å². The number of anilines is 1. The van der Waals surface area contributed by atoms with Crippen molar-refractivity contribution in [3.8, 4) is 23.0 Å². The number of hydrogen-bond donors (Lipinski definition) is 1. The average Bonchev–Trinajstić information content (AvgIpc) is 3.35. The van der Waals surface area contributed by atoms with Gasteiger partial charge in [0.1, 0.15) is 11.9 Å². The molecule has 0 spiro atoms. The predicted molar refractivity (Wildman–Crippen MR) is 95.8 cm³/mol. The summed E-state index contributed by atoms with van der Waals surface area (Å²) in [6.07, 6.45) is 5.52. The van der Waals surface area contributed by atoms with Gasteiger partial charge in [-0.3, -0.25) is 0 Å². The zero-order valence-electron chi connectivity index (χ0n) is 14.3. The van der Waals surface area contributed by atoms with Gasteiger partial charge in [-0.2, -0.15) is 5.26 Å². The molecule has 0 atom stereocenters. The minimum atomic E-state index is -0.584. The van der Waals surface area contributed by atoms with E-state index in [4.69, 9.17) is 10.5 Å². The molecular formula is C19H17N5O2. The molecule has 0 radical (unpaired) electrons. The highest BCUT2D eigenvalue weighted by Crippen LogP contribution is 2.29. The number of esters is 1. The molecule has 3 heterocycles. The number of imidazole rings is 1. The van der Waals surface area contributed by atoms with E-state index < -0.39 is 5.97 Å². The first-order valence-corrected chi connectivity index (χ1v) is 8.28. The quantitative estimate of drug-likeness (QED) is 0.734. The van der Waals surface area contributed by atoms with Crippen molar-refractivity contribution in [1.82, 2.24) is 14.1 Å². The zero-order chi connectivity index (χ0) is 18.3. The van der Waals surface area contributed by atoms with Crippen molar-refractivity contribution in [3.05, 3.63) is 53.7 Å². The SMILES string of the molecule is COC(=O)c1c(N)c(C#N)cn1-c1cccc(-c2cnc3n2CCC3)c1. The van der Waals surface area contributed by atoms with Gasteiger partial charge < -0.3 is 19.6 Å². The second-order valence-corrected chi connectivity index (χ2v) is 6.14. The van der Waals surface area contributed by atoms with Crippen LogP contribution in [-0.2, 0) is 17.7 Å². The Morgan fingerprint density at radius 1 is 1.42 bits per heavy atom. The van der Waals surface area contributed by atoms with E-state index in [1.54, 1.807) is 10.8 Å². The third kappa shape index (κ3) is 2.35. The Balaban J connectivity index is 1.85. The second-order valence-electron chi connectivity index (χ2n) is 6.14. The van der Waals surface area contributed by atoms with E-state index in [2.05, 4.69) is 9.55 Å². The monoisotopic (exact) mass is 347 g/mol. The molecule has 4 rings (SSSR count). The van der Waals surface area contributed by atoms with E-state index >= 15 is 0 Å². The summed E-state index contributed by atoms with van der Waals surface area (Å²) < 4.78 is 8.65. The van der Waals surface area contributed by atoms with Crippen LogP contribution in [0.25, 0.3) is 16.9 Å². The maximum absolute atomic E-state index is 12.2. The minimum Gasteiger partial charge on any atom is -0.464 e. The van der Waals surface area contributed by atoms with Crippen LogP contribution in [0.5, 0.6) is 0 Å². The summed E-state index contributed by atoms with van der Waals surface area (Å²) in [4.78, 5) is 16.7. The van der Waals surface area contributed by atoms with Crippen molar-refractivity contribution >= 4 is 11.7 Å². The lowest BCUT2D eigenvalue weighted by Crippen LogP contribution is -2.11. The number of hydrogen-bond acceptors (Lipinski definition) is 5. The largest absolute Gasteiger partial charge is 0.464 e. The van der Waals surface area contributed by atoms with Gasteiger partial charge in [0.05, 0.1) is 30.3 Å². The summed E-state index contributed by atoms with van der Waals surface area (Å²) in [6.45, 7) is 0.956. The number of fused-ring (bicyclic) bond motifs is 1. The Hall–Kier alpha value is -3.53. The van der Waals surface area contributed by atoms with Gasteiger partial charge >= 0.3 is 5.97 Å². The number of methoxy groups -OCH3 is 1. The lowest BCUT2D eigenvalue weighted by Gasteiger charge is -2.11. The molecule has 7 nitrogen and oxygen atoms in total. The van der Waals surface area contributed by atoms with Crippen molar-refractivity contribution in [2.45, 2.75) is 19.4 Å².